The number of aliphatic hydroxyl groups excluding tert-OH is 1. The molecule has 1 rings (SSSR count). The number of aromatic amines is 1. The van der Waals surface area contributed by atoms with Crippen LogP contribution in [-0.2, 0) is 4.84 Å². The quantitative estimate of drug-likeness (QED) is 0.606. The molecule has 96 valence electrons. The SMILES string of the molecule is CONCC(O)COc1c(C)[nH]c(C)cc1=O. The summed E-state index contributed by atoms with van der Waals surface area (Å²) in [6.45, 7) is 3.82. The third-order valence-corrected chi connectivity index (χ3v) is 2.18. The first-order valence-electron chi connectivity index (χ1n) is 5.31. The van der Waals surface area contributed by atoms with Crippen LogP contribution in [-0.4, -0.2) is 36.5 Å². The van der Waals surface area contributed by atoms with Crippen molar-refractivity contribution in [1.29, 1.82) is 0 Å². The van der Waals surface area contributed by atoms with Gasteiger partial charge in [0.15, 0.2) is 5.75 Å². The molecule has 6 nitrogen and oxygen atoms in total. The van der Waals surface area contributed by atoms with Crippen LogP contribution in [0.5, 0.6) is 5.75 Å². The van der Waals surface area contributed by atoms with Crippen LogP contribution in [0.15, 0.2) is 10.9 Å². The van der Waals surface area contributed by atoms with Gasteiger partial charge in [0.1, 0.15) is 12.7 Å². The fourth-order valence-corrected chi connectivity index (χ4v) is 1.43. The van der Waals surface area contributed by atoms with Crippen molar-refractivity contribution in [2.24, 2.45) is 0 Å². The summed E-state index contributed by atoms with van der Waals surface area (Å²) in [6.07, 6.45) is -0.741. The number of hydrogen-bond acceptors (Lipinski definition) is 5. The Labute approximate surface area is 99.5 Å². The summed E-state index contributed by atoms with van der Waals surface area (Å²) in [5, 5.41) is 9.50. The molecule has 1 unspecified atom stereocenters. The van der Waals surface area contributed by atoms with Gasteiger partial charge < -0.3 is 19.7 Å². The van der Waals surface area contributed by atoms with Crippen LogP contribution in [0.25, 0.3) is 0 Å². The maximum Gasteiger partial charge on any atom is 0.223 e. The van der Waals surface area contributed by atoms with Gasteiger partial charge in [-0.25, -0.2) is 5.48 Å². The molecule has 17 heavy (non-hydrogen) atoms. The first-order valence-corrected chi connectivity index (χ1v) is 5.31. The van der Waals surface area contributed by atoms with E-state index in [1.165, 1.54) is 13.2 Å². The van der Waals surface area contributed by atoms with Crippen molar-refractivity contribution in [3.8, 4) is 5.75 Å². The number of aliphatic hydroxyl groups is 1. The Bertz CT molecular complexity index is 416. The van der Waals surface area contributed by atoms with Crippen molar-refractivity contribution in [1.82, 2.24) is 10.5 Å². The van der Waals surface area contributed by atoms with Gasteiger partial charge in [0, 0.05) is 11.8 Å². The van der Waals surface area contributed by atoms with Gasteiger partial charge >= 0.3 is 0 Å². The Morgan fingerprint density at radius 2 is 2.24 bits per heavy atom. The Morgan fingerprint density at radius 1 is 1.53 bits per heavy atom. The van der Waals surface area contributed by atoms with E-state index < -0.39 is 6.10 Å². The van der Waals surface area contributed by atoms with Gasteiger partial charge in [-0.2, -0.15) is 0 Å². The van der Waals surface area contributed by atoms with Gasteiger partial charge in [0.05, 0.1) is 19.3 Å². The minimum atomic E-state index is -0.741. The lowest BCUT2D eigenvalue weighted by atomic mass is 10.3. The van der Waals surface area contributed by atoms with Crippen LogP contribution < -0.4 is 15.6 Å². The van der Waals surface area contributed by atoms with Gasteiger partial charge in [0.2, 0.25) is 5.43 Å². The molecule has 0 saturated heterocycles. The van der Waals surface area contributed by atoms with Gasteiger partial charge in [-0.3, -0.25) is 4.79 Å². The van der Waals surface area contributed by atoms with Gasteiger partial charge in [-0.05, 0) is 13.8 Å². The molecule has 1 heterocycles. The average Bonchev–Trinajstić information content (AvgIpc) is 2.24. The molecular weight excluding hydrogens is 224 g/mol. The summed E-state index contributed by atoms with van der Waals surface area (Å²) in [5.74, 6) is 0.243. The van der Waals surface area contributed by atoms with E-state index in [0.29, 0.717) is 5.69 Å². The number of hydroxylamine groups is 1. The monoisotopic (exact) mass is 242 g/mol. The zero-order valence-corrected chi connectivity index (χ0v) is 10.2. The van der Waals surface area contributed by atoms with Crippen molar-refractivity contribution < 1.29 is 14.7 Å². The number of hydrogen-bond donors (Lipinski definition) is 3. The minimum absolute atomic E-state index is 0.0311. The minimum Gasteiger partial charge on any atom is -0.485 e. The average molecular weight is 242 g/mol. The Morgan fingerprint density at radius 3 is 2.82 bits per heavy atom. The second kappa shape index (κ2) is 6.39. The van der Waals surface area contributed by atoms with Crippen molar-refractivity contribution in [3.63, 3.8) is 0 Å². The van der Waals surface area contributed by atoms with Crippen molar-refractivity contribution in [3.05, 3.63) is 27.7 Å². The van der Waals surface area contributed by atoms with Crippen LogP contribution in [0.4, 0.5) is 0 Å². The topological polar surface area (TPSA) is 83.6 Å². The molecule has 6 heteroatoms. The van der Waals surface area contributed by atoms with E-state index in [0.717, 1.165) is 5.69 Å². The molecule has 0 radical (unpaired) electrons. The molecule has 0 saturated carbocycles. The first kappa shape index (κ1) is 13.7. The van der Waals surface area contributed by atoms with Crippen LogP contribution in [0.2, 0.25) is 0 Å². The van der Waals surface area contributed by atoms with E-state index >= 15 is 0 Å². The van der Waals surface area contributed by atoms with E-state index in [1.807, 2.05) is 0 Å². The molecule has 0 aliphatic rings. The summed E-state index contributed by atoms with van der Waals surface area (Å²) in [6, 6.07) is 1.46. The highest BCUT2D eigenvalue weighted by molar-refractivity contribution is 5.28. The highest BCUT2D eigenvalue weighted by Gasteiger charge is 2.09. The lowest BCUT2D eigenvalue weighted by Gasteiger charge is -2.13. The number of nitrogens with one attached hydrogen (secondary N) is 2. The second-order valence-electron chi connectivity index (χ2n) is 3.79. The molecule has 1 aromatic heterocycles. The van der Waals surface area contributed by atoms with Crippen LogP contribution >= 0.6 is 0 Å². The highest BCUT2D eigenvalue weighted by atomic mass is 16.6. The van der Waals surface area contributed by atoms with Crippen LogP contribution in [0.1, 0.15) is 11.4 Å². The maximum atomic E-state index is 11.6. The highest BCUT2D eigenvalue weighted by Crippen LogP contribution is 2.09. The predicted molar refractivity (Wildman–Crippen MR) is 63.1 cm³/mol. The summed E-state index contributed by atoms with van der Waals surface area (Å²) >= 11 is 0. The molecule has 0 spiro atoms. The largest absolute Gasteiger partial charge is 0.485 e. The van der Waals surface area contributed by atoms with E-state index in [-0.39, 0.29) is 24.3 Å². The molecule has 0 amide bonds. The Hall–Kier alpha value is -1.37. The number of rotatable bonds is 6. The molecule has 0 aliphatic heterocycles. The number of pyridine rings is 1. The molecule has 1 atom stereocenters. The lowest BCUT2D eigenvalue weighted by Crippen LogP contribution is -2.31. The predicted octanol–water partition coefficient (Wildman–Crippen LogP) is -0.118. The normalized spacial score (nSPS) is 12.5. The van der Waals surface area contributed by atoms with E-state index in [1.54, 1.807) is 13.8 Å². The molecule has 0 fully saturated rings. The Kier molecular flexibility index (Phi) is 5.14. The van der Waals surface area contributed by atoms with Gasteiger partial charge in [0.25, 0.3) is 0 Å². The lowest BCUT2D eigenvalue weighted by molar-refractivity contribution is 0.0318. The number of H-pyrrole nitrogens is 1. The molecule has 3 N–H and O–H groups in total. The molecule has 1 aromatic rings. The summed E-state index contributed by atoms with van der Waals surface area (Å²) < 4.78 is 5.29. The second-order valence-corrected chi connectivity index (χ2v) is 3.79. The Balaban J connectivity index is 2.60. The standard InChI is InChI=1S/C11H18N2O4/c1-7-4-10(15)11(8(2)13-7)17-6-9(14)5-12-16-3/h4,9,12,14H,5-6H2,1-3H3,(H,13,15). The van der Waals surface area contributed by atoms with Crippen LogP contribution in [0.3, 0.4) is 0 Å². The zero-order chi connectivity index (χ0) is 12.8. The van der Waals surface area contributed by atoms with Crippen molar-refractivity contribution >= 4 is 0 Å². The number of aromatic nitrogens is 1. The van der Waals surface area contributed by atoms with E-state index in [4.69, 9.17) is 4.74 Å². The van der Waals surface area contributed by atoms with E-state index in [2.05, 4.69) is 15.3 Å². The molecular formula is C11H18N2O4. The van der Waals surface area contributed by atoms with Crippen LogP contribution in [0, 0.1) is 13.8 Å². The smallest absolute Gasteiger partial charge is 0.223 e. The zero-order valence-electron chi connectivity index (χ0n) is 10.2. The fraction of sp³-hybridized carbons (Fsp3) is 0.545. The van der Waals surface area contributed by atoms with Crippen molar-refractivity contribution in [2.45, 2.75) is 20.0 Å². The van der Waals surface area contributed by atoms with E-state index in [9.17, 15) is 9.90 Å². The summed E-state index contributed by atoms with van der Waals surface area (Å²) in [4.78, 5) is 19.2. The molecule has 0 bridgehead atoms. The number of aryl methyl sites for hydroxylation is 2. The molecule has 0 aliphatic carbocycles. The van der Waals surface area contributed by atoms with Crippen molar-refractivity contribution in [2.75, 3.05) is 20.3 Å². The molecule has 0 aromatic carbocycles. The maximum absolute atomic E-state index is 11.6. The third kappa shape index (κ3) is 4.18. The first-order chi connectivity index (χ1) is 8.04. The third-order valence-electron chi connectivity index (χ3n) is 2.18. The van der Waals surface area contributed by atoms with Gasteiger partial charge in [-0.1, -0.05) is 0 Å². The number of ether oxygens (including phenoxy) is 1. The summed E-state index contributed by atoms with van der Waals surface area (Å²) in [5.41, 5.74) is 3.75. The fourth-order valence-electron chi connectivity index (χ4n) is 1.43. The summed E-state index contributed by atoms with van der Waals surface area (Å²) in [7, 11) is 1.46. The van der Waals surface area contributed by atoms with Gasteiger partial charge in [-0.15, -0.1) is 0 Å².